The van der Waals surface area contributed by atoms with Crippen LogP contribution in [0.3, 0.4) is 0 Å². The van der Waals surface area contributed by atoms with Gasteiger partial charge in [0.05, 0.1) is 29.8 Å². The minimum Gasteiger partial charge on any atom is -0.463 e. The highest BCUT2D eigenvalue weighted by Gasteiger charge is 2.71. The maximum atomic E-state index is 14.2. The number of aliphatic hydroxyl groups is 1. The van der Waals surface area contributed by atoms with Crippen LogP contribution in [0.2, 0.25) is 0 Å². The Morgan fingerprint density at radius 2 is 1.91 bits per heavy atom. The summed E-state index contributed by atoms with van der Waals surface area (Å²) in [6.07, 6.45) is 0.747. The Kier molecular flexibility index (Phi) is 6.41. The van der Waals surface area contributed by atoms with E-state index in [1.807, 2.05) is 4.90 Å². The van der Waals surface area contributed by atoms with Crippen LogP contribution >= 0.6 is 0 Å². The fourth-order valence-electron chi connectivity index (χ4n) is 4.96. The van der Waals surface area contributed by atoms with Gasteiger partial charge in [0.1, 0.15) is 18.0 Å². The van der Waals surface area contributed by atoms with Crippen LogP contribution in [0.5, 0.6) is 6.01 Å². The molecule has 1 saturated heterocycles. The minimum absolute atomic E-state index is 0.0100. The normalized spacial score (nSPS) is 27.7. The monoisotopic (exact) mass is 497 g/mol. The van der Waals surface area contributed by atoms with E-state index < -0.39 is 28.6 Å². The highest BCUT2D eigenvalue weighted by Crippen LogP contribution is 2.60. The second-order valence-electron chi connectivity index (χ2n) is 11.8. The molecule has 0 spiro atoms. The van der Waals surface area contributed by atoms with Crippen molar-refractivity contribution in [1.29, 1.82) is 0 Å². The second-order valence-corrected chi connectivity index (χ2v) is 11.8. The zero-order valence-corrected chi connectivity index (χ0v) is 21.5. The van der Waals surface area contributed by atoms with Crippen LogP contribution in [0, 0.1) is 5.41 Å². The van der Waals surface area contributed by atoms with Crippen molar-refractivity contribution >= 4 is 11.9 Å². The summed E-state index contributed by atoms with van der Waals surface area (Å²) in [5.74, 6) is -2.23. The van der Waals surface area contributed by atoms with Crippen LogP contribution in [-0.2, 0) is 17.8 Å². The standard InChI is InChI=1S/C24H37F2N5O4/c1-21(2,3)35-20(32)31-10-16-17(11-31)27-19(28-18(16)30-9-7-8-22(4,33)13-30)34-15-23(14-29(5)6)12-24(23,25)26/h33H,7-15H2,1-6H3/t22?,23-/m1/s1. The molecule has 1 aliphatic carbocycles. The van der Waals surface area contributed by atoms with Crippen LogP contribution in [0.1, 0.15) is 58.2 Å². The number of anilines is 1. The number of fused-ring (bicyclic) bond motifs is 1. The largest absolute Gasteiger partial charge is 0.463 e. The van der Waals surface area contributed by atoms with Crippen molar-refractivity contribution in [2.75, 3.05) is 45.2 Å². The summed E-state index contributed by atoms with van der Waals surface area (Å²) in [6.45, 7) is 8.70. The molecule has 1 aromatic rings. The third-order valence-electron chi connectivity index (χ3n) is 6.67. The van der Waals surface area contributed by atoms with E-state index >= 15 is 0 Å². The number of amides is 1. The van der Waals surface area contributed by atoms with Gasteiger partial charge in [-0.25, -0.2) is 13.6 Å². The first kappa shape index (κ1) is 25.8. The Morgan fingerprint density at radius 3 is 2.49 bits per heavy atom. The summed E-state index contributed by atoms with van der Waals surface area (Å²) < 4.78 is 39.8. The molecular weight excluding hydrogens is 460 g/mol. The van der Waals surface area contributed by atoms with Gasteiger partial charge < -0.3 is 24.4 Å². The average molecular weight is 498 g/mol. The molecule has 1 N–H and O–H groups in total. The number of carbonyl (C=O) groups is 1. The summed E-state index contributed by atoms with van der Waals surface area (Å²) in [4.78, 5) is 27.1. The van der Waals surface area contributed by atoms with Crippen LogP contribution in [-0.4, -0.2) is 88.4 Å². The molecule has 1 unspecified atom stereocenters. The van der Waals surface area contributed by atoms with Gasteiger partial charge in [0.2, 0.25) is 0 Å². The van der Waals surface area contributed by atoms with Gasteiger partial charge in [-0.1, -0.05) is 0 Å². The van der Waals surface area contributed by atoms with E-state index in [1.54, 1.807) is 51.6 Å². The number of ether oxygens (including phenoxy) is 2. The van der Waals surface area contributed by atoms with E-state index in [0.29, 0.717) is 31.0 Å². The molecular formula is C24H37F2N5O4. The predicted molar refractivity (Wildman–Crippen MR) is 126 cm³/mol. The molecule has 1 aromatic heterocycles. The lowest BCUT2D eigenvalue weighted by molar-refractivity contribution is 0.0236. The lowest BCUT2D eigenvalue weighted by atomic mass is 9.95. The molecule has 4 rings (SSSR count). The molecule has 1 saturated carbocycles. The van der Waals surface area contributed by atoms with Crippen molar-refractivity contribution in [2.45, 2.75) is 77.2 Å². The number of hydrogen-bond donors (Lipinski definition) is 1. The first-order chi connectivity index (χ1) is 16.1. The highest BCUT2D eigenvalue weighted by molar-refractivity contribution is 5.70. The van der Waals surface area contributed by atoms with Crippen molar-refractivity contribution in [1.82, 2.24) is 19.8 Å². The van der Waals surface area contributed by atoms with Gasteiger partial charge in [-0.15, -0.1) is 0 Å². The van der Waals surface area contributed by atoms with Gasteiger partial charge in [-0.05, 0) is 54.6 Å². The molecule has 0 aromatic carbocycles. The van der Waals surface area contributed by atoms with E-state index in [1.165, 1.54) is 0 Å². The molecule has 0 radical (unpaired) electrons. The van der Waals surface area contributed by atoms with E-state index in [2.05, 4.69) is 9.97 Å². The summed E-state index contributed by atoms with van der Waals surface area (Å²) in [5, 5.41) is 10.7. The number of aromatic nitrogens is 2. The van der Waals surface area contributed by atoms with Crippen LogP contribution in [0.25, 0.3) is 0 Å². The van der Waals surface area contributed by atoms with Crippen molar-refractivity contribution in [3.63, 3.8) is 0 Å². The second kappa shape index (κ2) is 8.69. The van der Waals surface area contributed by atoms with Crippen LogP contribution in [0.4, 0.5) is 19.4 Å². The Labute approximate surface area is 205 Å². The smallest absolute Gasteiger partial charge is 0.410 e. The zero-order valence-electron chi connectivity index (χ0n) is 21.5. The lowest BCUT2D eigenvalue weighted by Crippen LogP contribution is -2.47. The Balaban J connectivity index is 1.60. The molecule has 1 amide bonds. The maximum Gasteiger partial charge on any atom is 0.410 e. The lowest BCUT2D eigenvalue weighted by Gasteiger charge is -2.38. The van der Waals surface area contributed by atoms with E-state index in [0.717, 1.165) is 12.0 Å². The molecule has 196 valence electrons. The summed E-state index contributed by atoms with van der Waals surface area (Å²) in [5.41, 5.74) is -1.43. The van der Waals surface area contributed by atoms with Crippen molar-refractivity contribution in [3.05, 3.63) is 11.3 Å². The Hall–Kier alpha value is -2.27. The number of β-amino-alcohol motifs (C(OH)–C–C–N with tert-alkyl or cyclic N) is 1. The summed E-state index contributed by atoms with van der Waals surface area (Å²) >= 11 is 0. The quantitative estimate of drug-likeness (QED) is 0.642. The van der Waals surface area contributed by atoms with Gasteiger partial charge >= 0.3 is 12.1 Å². The average Bonchev–Trinajstić information content (AvgIpc) is 3.04. The van der Waals surface area contributed by atoms with Crippen LogP contribution in [0.15, 0.2) is 0 Å². The molecule has 11 heteroatoms. The van der Waals surface area contributed by atoms with Gasteiger partial charge in [0.15, 0.2) is 0 Å². The molecule has 0 bridgehead atoms. The Morgan fingerprint density at radius 1 is 1.23 bits per heavy atom. The van der Waals surface area contributed by atoms with E-state index in [9.17, 15) is 18.7 Å². The number of alkyl halides is 2. The fraction of sp³-hybridized carbons (Fsp3) is 0.792. The minimum atomic E-state index is -2.80. The fourth-order valence-corrected chi connectivity index (χ4v) is 4.96. The number of nitrogens with zero attached hydrogens (tertiary/aromatic N) is 5. The highest BCUT2D eigenvalue weighted by atomic mass is 19.3. The third-order valence-corrected chi connectivity index (χ3v) is 6.67. The van der Waals surface area contributed by atoms with Gasteiger partial charge in [-0.2, -0.15) is 9.97 Å². The van der Waals surface area contributed by atoms with Crippen LogP contribution < -0.4 is 9.64 Å². The Bertz CT molecular complexity index is 981. The maximum absolute atomic E-state index is 14.2. The van der Waals surface area contributed by atoms with Gasteiger partial charge in [0, 0.05) is 31.6 Å². The molecule has 35 heavy (non-hydrogen) atoms. The third kappa shape index (κ3) is 5.61. The topological polar surface area (TPSA) is 91.3 Å². The first-order valence-corrected chi connectivity index (χ1v) is 12.1. The summed E-state index contributed by atoms with van der Waals surface area (Å²) in [7, 11) is 3.52. The number of carbonyl (C=O) groups excluding carboxylic acids is 1. The molecule has 2 atom stereocenters. The molecule has 2 fully saturated rings. The first-order valence-electron chi connectivity index (χ1n) is 12.1. The summed E-state index contributed by atoms with van der Waals surface area (Å²) in [6, 6.07) is 0.0100. The molecule has 3 heterocycles. The van der Waals surface area contributed by atoms with Gasteiger partial charge in [0.25, 0.3) is 5.92 Å². The van der Waals surface area contributed by atoms with Gasteiger partial charge in [-0.3, -0.25) is 4.90 Å². The number of hydrogen-bond acceptors (Lipinski definition) is 8. The molecule has 2 aliphatic heterocycles. The predicted octanol–water partition coefficient (Wildman–Crippen LogP) is 3.04. The van der Waals surface area contributed by atoms with E-state index in [-0.39, 0.29) is 38.7 Å². The van der Waals surface area contributed by atoms with Crippen molar-refractivity contribution < 1.29 is 28.2 Å². The molecule has 9 nitrogen and oxygen atoms in total. The number of halogens is 2. The number of rotatable bonds is 6. The van der Waals surface area contributed by atoms with E-state index in [4.69, 9.17) is 9.47 Å². The van der Waals surface area contributed by atoms with Crippen molar-refractivity contribution in [2.24, 2.45) is 5.41 Å². The molecule has 3 aliphatic rings. The van der Waals surface area contributed by atoms with Crippen molar-refractivity contribution in [3.8, 4) is 6.01 Å². The SMILES string of the molecule is CN(C)C[C@@]1(COc2nc3c(c(N4CCCC(C)(O)C4)n2)CN(C(=O)OC(C)(C)C)C3)CC1(F)F. The zero-order chi connectivity index (χ0) is 25.8. The number of piperidine rings is 1.